The van der Waals surface area contributed by atoms with Crippen LogP contribution in [0.3, 0.4) is 0 Å². The molecule has 2 fully saturated rings. The maximum atomic E-state index is 13.9. The topological polar surface area (TPSA) is 78.7 Å². The van der Waals surface area contributed by atoms with E-state index >= 15 is 0 Å². The molecule has 37 heavy (non-hydrogen) atoms. The van der Waals surface area contributed by atoms with E-state index in [-0.39, 0.29) is 23.8 Å². The highest BCUT2D eigenvalue weighted by atomic mass is 19.1. The highest BCUT2D eigenvalue weighted by Gasteiger charge is 2.28. The maximum Gasteiger partial charge on any atom is 0.295 e. The molecule has 9 heteroatoms. The van der Waals surface area contributed by atoms with Crippen molar-refractivity contribution in [1.82, 2.24) is 24.9 Å². The zero-order chi connectivity index (χ0) is 25.4. The molecule has 0 unspecified atom stereocenters. The summed E-state index contributed by atoms with van der Waals surface area (Å²) in [5.41, 5.74) is 3.23. The fourth-order valence-electron chi connectivity index (χ4n) is 5.35. The van der Waals surface area contributed by atoms with Crippen LogP contribution in [0.4, 0.5) is 16.0 Å². The molecule has 3 aromatic heterocycles. The Morgan fingerprint density at radius 1 is 1.08 bits per heavy atom. The van der Waals surface area contributed by atoms with Crippen LogP contribution in [-0.4, -0.2) is 51.2 Å². The van der Waals surface area contributed by atoms with Crippen LogP contribution < -0.4 is 15.1 Å². The van der Waals surface area contributed by atoms with Crippen LogP contribution in [0, 0.1) is 18.2 Å². The van der Waals surface area contributed by atoms with E-state index in [9.17, 15) is 9.18 Å². The van der Waals surface area contributed by atoms with Gasteiger partial charge in [0, 0.05) is 25.7 Å². The first-order valence-electron chi connectivity index (χ1n) is 12.5. The number of benzene rings is 1. The summed E-state index contributed by atoms with van der Waals surface area (Å²) >= 11 is 0. The standard InChI is InChI=1S/C28H26FN7O/c1-2-28(37)31-21-13-15-34(18-21)26-10-4-8-22(32-26)24-17-30-25-11-12-27(33-36(24)25)35-14-5-9-23(35)19-6-3-7-20(29)16-19/h1,3-4,6-8,10-12,16-17,21,23H,5,9,13-15,18H2,(H,31,37)/t21-,23-/m1/s1. The monoisotopic (exact) mass is 495 g/mol. The molecule has 0 saturated carbocycles. The first kappa shape index (κ1) is 23.0. The van der Waals surface area contributed by atoms with Crippen molar-refractivity contribution >= 4 is 23.2 Å². The number of hydrogen-bond donors (Lipinski definition) is 1. The summed E-state index contributed by atoms with van der Waals surface area (Å²) in [5.74, 6) is 3.14. The molecule has 4 aromatic rings. The van der Waals surface area contributed by atoms with Crippen LogP contribution in [0.5, 0.6) is 0 Å². The lowest BCUT2D eigenvalue weighted by molar-refractivity contribution is -0.116. The third-order valence-electron chi connectivity index (χ3n) is 7.10. The number of terminal acetylenes is 1. The highest BCUT2D eigenvalue weighted by Crippen LogP contribution is 2.35. The van der Waals surface area contributed by atoms with E-state index in [0.717, 1.165) is 66.6 Å². The number of nitrogens with one attached hydrogen (secondary N) is 1. The van der Waals surface area contributed by atoms with Gasteiger partial charge in [0.1, 0.15) is 23.1 Å². The highest BCUT2D eigenvalue weighted by molar-refractivity contribution is 5.93. The molecule has 1 amide bonds. The summed E-state index contributed by atoms with van der Waals surface area (Å²) in [6.07, 6.45) is 9.74. The molecule has 2 saturated heterocycles. The van der Waals surface area contributed by atoms with Gasteiger partial charge in [-0.25, -0.2) is 18.9 Å². The van der Waals surface area contributed by atoms with Gasteiger partial charge in [0.25, 0.3) is 5.91 Å². The van der Waals surface area contributed by atoms with Crippen molar-refractivity contribution in [2.24, 2.45) is 0 Å². The predicted molar refractivity (Wildman–Crippen MR) is 140 cm³/mol. The molecule has 1 N–H and O–H groups in total. The Bertz CT molecular complexity index is 1510. The summed E-state index contributed by atoms with van der Waals surface area (Å²) < 4.78 is 15.7. The second-order valence-electron chi connectivity index (χ2n) is 9.44. The number of hydrogen-bond acceptors (Lipinski definition) is 6. The van der Waals surface area contributed by atoms with Crippen LogP contribution in [0.2, 0.25) is 0 Å². The molecule has 2 aliphatic heterocycles. The van der Waals surface area contributed by atoms with Gasteiger partial charge in [0.2, 0.25) is 0 Å². The fourth-order valence-corrected chi connectivity index (χ4v) is 5.35. The van der Waals surface area contributed by atoms with Crippen molar-refractivity contribution in [3.05, 3.63) is 72.2 Å². The minimum atomic E-state index is -0.390. The number of halogens is 1. The summed E-state index contributed by atoms with van der Waals surface area (Å²) in [6.45, 7) is 2.28. The zero-order valence-electron chi connectivity index (χ0n) is 20.2. The van der Waals surface area contributed by atoms with Gasteiger partial charge in [0.05, 0.1) is 17.9 Å². The van der Waals surface area contributed by atoms with Gasteiger partial charge in [0.15, 0.2) is 5.65 Å². The van der Waals surface area contributed by atoms with E-state index in [4.69, 9.17) is 16.5 Å². The number of amides is 1. The lowest BCUT2D eigenvalue weighted by Gasteiger charge is -2.26. The maximum absolute atomic E-state index is 13.9. The van der Waals surface area contributed by atoms with E-state index in [1.807, 2.05) is 40.9 Å². The summed E-state index contributed by atoms with van der Waals surface area (Å²) in [4.78, 5) is 25.4. The predicted octanol–water partition coefficient (Wildman–Crippen LogP) is 3.60. The van der Waals surface area contributed by atoms with E-state index in [1.54, 1.807) is 18.3 Å². The van der Waals surface area contributed by atoms with Gasteiger partial charge in [-0.2, -0.15) is 0 Å². The molecule has 1 aromatic carbocycles. The Hall–Kier alpha value is -4.45. The molecule has 8 nitrogen and oxygen atoms in total. The number of anilines is 2. The Kier molecular flexibility index (Phi) is 5.93. The first-order valence-corrected chi connectivity index (χ1v) is 12.5. The molecule has 186 valence electrons. The molecule has 0 radical (unpaired) electrons. The van der Waals surface area contributed by atoms with E-state index in [1.165, 1.54) is 6.07 Å². The van der Waals surface area contributed by atoms with Gasteiger partial charge >= 0.3 is 0 Å². The number of pyridine rings is 1. The molecule has 0 spiro atoms. The van der Waals surface area contributed by atoms with Crippen molar-refractivity contribution < 1.29 is 9.18 Å². The minimum absolute atomic E-state index is 0.000486. The molecule has 2 atom stereocenters. The van der Waals surface area contributed by atoms with Crippen molar-refractivity contribution in [2.75, 3.05) is 29.4 Å². The molecule has 5 heterocycles. The second-order valence-corrected chi connectivity index (χ2v) is 9.44. The number of carbonyl (C=O) groups excluding carboxylic acids is 1. The third-order valence-corrected chi connectivity index (χ3v) is 7.10. The van der Waals surface area contributed by atoms with Crippen LogP contribution >= 0.6 is 0 Å². The molecule has 0 bridgehead atoms. The second kappa shape index (κ2) is 9.54. The van der Waals surface area contributed by atoms with Gasteiger partial charge in [-0.15, -0.1) is 11.5 Å². The quantitative estimate of drug-likeness (QED) is 0.427. The number of nitrogens with zero attached hydrogens (tertiary/aromatic N) is 6. The zero-order valence-corrected chi connectivity index (χ0v) is 20.2. The lowest BCUT2D eigenvalue weighted by Crippen LogP contribution is -2.36. The molecule has 2 aliphatic rings. The van der Waals surface area contributed by atoms with Crippen molar-refractivity contribution in [3.8, 4) is 23.7 Å². The van der Waals surface area contributed by atoms with Crippen molar-refractivity contribution in [3.63, 3.8) is 0 Å². The molecule has 0 aliphatic carbocycles. The van der Waals surface area contributed by atoms with Crippen LogP contribution in [0.25, 0.3) is 17.0 Å². The van der Waals surface area contributed by atoms with Gasteiger partial charge < -0.3 is 15.1 Å². The number of carbonyl (C=O) groups is 1. The van der Waals surface area contributed by atoms with Crippen LogP contribution in [0.15, 0.2) is 60.8 Å². The number of aromatic nitrogens is 4. The fraction of sp³-hybridized carbons (Fsp3) is 0.286. The number of fused-ring (bicyclic) bond motifs is 1. The SMILES string of the molecule is C#CC(=O)N[C@@H]1CCN(c2cccc(-c3cnc4ccc(N5CCC[C@@H]5c5cccc(F)c5)nn34)n2)C1. The Morgan fingerprint density at radius 2 is 1.97 bits per heavy atom. The van der Waals surface area contributed by atoms with Crippen molar-refractivity contribution in [1.29, 1.82) is 0 Å². The lowest BCUT2D eigenvalue weighted by atomic mass is 10.0. The van der Waals surface area contributed by atoms with Gasteiger partial charge in [-0.1, -0.05) is 18.2 Å². The Labute approximate surface area is 214 Å². The first-order chi connectivity index (χ1) is 18.1. The smallest absolute Gasteiger partial charge is 0.295 e. The Balaban J connectivity index is 1.28. The molecular weight excluding hydrogens is 469 g/mol. The third kappa shape index (κ3) is 4.47. The van der Waals surface area contributed by atoms with Gasteiger partial charge in [-0.3, -0.25) is 4.79 Å². The number of imidazole rings is 1. The summed E-state index contributed by atoms with van der Waals surface area (Å²) in [7, 11) is 0. The number of rotatable bonds is 5. The Morgan fingerprint density at radius 3 is 2.84 bits per heavy atom. The minimum Gasteiger partial charge on any atom is -0.354 e. The summed E-state index contributed by atoms with van der Waals surface area (Å²) in [5, 5.41) is 7.79. The average Bonchev–Trinajstić information content (AvgIpc) is 3.68. The van der Waals surface area contributed by atoms with E-state index in [2.05, 4.69) is 26.0 Å². The van der Waals surface area contributed by atoms with E-state index in [0.29, 0.717) is 6.54 Å². The molecular formula is C28H26FN7O. The largest absolute Gasteiger partial charge is 0.354 e. The van der Waals surface area contributed by atoms with Crippen molar-refractivity contribution in [2.45, 2.75) is 31.3 Å². The normalized spacial score (nSPS) is 19.4. The molecule has 6 rings (SSSR count). The van der Waals surface area contributed by atoms with Crippen LogP contribution in [0.1, 0.15) is 30.9 Å². The average molecular weight is 496 g/mol. The van der Waals surface area contributed by atoms with Crippen LogP contribution in [-0.2, 0) is 4.79 Å². The summed E-state index contributed by atoms with van der Waals surface area (Å²) in [6, 6.07) is 16.7. The van der Waals surface area contributed by atoms with E-state index < -0.39 is 0 Å². The van der Waals surface area contributed by atoms with Gasteiger partial charge in [-0.05, 0) is 67.1 Å².